The first-order valence-electron chi connectivity index (χ1n) is 13.6. The molecule has 0 saturated carbocycles. The first-order chi connectivity index (χ1) is 20.8. The van der Waals surface area contributed by atoms with E-state index in [-0.39, 0.29) is 21.5 Å². The van der Waals surface area contributed by atoms with Crippen molar-refractivity contribution in [3.63, 3.8) is 0 Å². The molecule has 0 spiro atoms. The number of urea groups is 1. The molecular formula is C30H29ClF3N5O3S2. The third kappa shape index (κ3) is 6.90. The number of hydrogen-bond donors (Lipinski definition) is 2. The van der Waals surface area contributed by atoms with Gasteiger partial charge in [-0.15, -0.1) is 0 Å². The highest BCUT2D eigenvalue weighted by Gasteiger charge is 2.30. The first-order valence-corrected chi connectivity index (χ1v) is 16.5. The van der Waals surface area contributed by atoms with Crippen molar-refractivity contribution in [3.05, 3.63) is 106 Å². The van der Waals surface area contributed by atoms with Crippen LogP contribution in [0.3, 0.4) is 0 Å². The molecule has 1 fully saturated rings. The minimum atomic E-state index is -4.19. The number of thioether (sulfide) groups is 1. The van der Waals surface area contributed by atoms with Crippen molar-refractivity contribution in [3.8, 4) is 5.69 Å². The van der Waals surface area contributed by atoms with Crippen LogP contribution in [0, 0.1) is 17.5 Å². The molecule has 0 aliphatic carbocycles. The first kappa shape index (κ1) is 31.9. The number of sulfonamides is 1. The van der Waals surface area contributed by atoms with Gasteiger partial charge in [0.2, 0.25) is 0 Å². The van der Waals surface area contributed by atoms with Gasteiger partial charge in [0, 0.05) is 35.3 Å². The molecule has 232 valence electrons. The van der Waals surface area contributed by atoms with E-state index in [9.17, 15) is 26.4 Å². The number of carbonyl (C=O) groups excluding carboxylic acids is 1. The fraction of sp³-hybridized carbons (Fsp3) is 0.267. The SMILES string of the molecule is CC(C)(c1ccc(F)cc1)c1cnc(SCc2ccc(S(=O)(=O)NC(=O)NN3CCCC3)cc2Cl)n1-c1ccc(F)c(F)c1. The van der Waals surface area contributed by atoms with Crippen LogP contribution in [0.1, 0.15) is 43.5 Å². The minimum absolute atomic E-state index is 0.151. The molecule has 5 rings (SSSR count). The third-order valence-corrected chi connectivity index (χ3v) is 10.1. The van der Waals surface area contributed by atoms with Gasteiger partial charge in [-0.2, -0.15) is 0 Å². The maximum Gasteiger partial charge on any atom is 0.343 e. The van der Waals surface area contributed by atoms with Crippen LogP contribution in [-0.4, -0.2) is 42.1 Å². The zero-order valence-electron chi connectivity index (χ0n) is 23.8. The summed E-state index contributed by atoms with van der Waals surface area (Å²) in [6, 6.07) is 12.9. The molecule has 8 nitrogen and oxygen atoms in total. The molecule has 2 heterocycles. The highest BCUT2D eigenvalue weighted by atomic mass is 35.5. The molecule has 44 heavy (non-hydrogen) atoms. The number of halogens is 4. The van der Waals surface area contributed by atoms with E-state index >= 15 is 0 Å². The van der Waals surface area contributed by atoms with Gasteiger partial charge in [0.05, 0.1) is 22.5 Å². The van der Waals surface area contributed by atoms with Crippen LogP contribution >= 0.6 is 23.4 Å². The zero-order chi connectivity index (χ0) is 31.6. The minimum Gasteiger partial charge on any atom is -0.291 e. The highest BCUT2D eigenvalue weighted by Crippen LogP contribution is 2.37. The number of nitrogens with one attached hydrogen (secondary N) is 2. The molecule has 0 bridgehead atoms. The van der Waals surface area contributed by atoms with E-state index in [1.54, 1.807) is 27.9 Å². The molecule has 3 aromatic carbocycles. The molecule has 14 heteroatoms. The molecule has 1 aliphatic heterocycles. The number of hydrogen-bond acceptors (Lipinski definition) is 6. The Balaban J connectivity index is 1.40. The van der Waals surface area contributed by atoms with Gasteiger partial charge >= 0.3 is 6.03 Å². The van der Waals surface area contributed by atoms with E-state index in [1.165, 1.54) is 48.2 Å². The average molecular weight is 664 g/mol. The van der Waals surface area contributed by atoms with Crippen LogP contribution in [0.2, 0.25) is 5.02 Å². The monoisotopic (exact) mass is 663 g/mol. The number of aromatic nitrogens is 2. The summed E-state index contributed by atoms with van der Waals surface area (Å²) in [4.78, 5) is 16.6. The predicted octanol–water partition coefficient (Wildman–Crippen LogP) is 6.56. The molecule has 2 amide bonds. The van der Waals surface area contributed by atoms with Gasteiger partial charge in [-0.3, -0.25) is 9.99 Å². The summed E-state index contributed by atoms with van der Waals surface area (Å²) < 4.78 is 71.2. The van der Waals surface area contributed by atoms with Crippen LogP contribution in [0.4, 0.5) is 18.0 Å². The van der Waals surface area contributed by atoms with Gasteiger partial charge in [-0.05, 0) is 60.4 Å². The Hall–Kier alpha value is -3.52. The summed E-state index contributed by atoms with van der Waals surface area (Å²) in [6.45, 7) is 5.12. The predicted molar refractivity (Wildman–Crippen MR) is 163 cm³/mol. The van der Waals surface area contributed by atoms with E-state index in [1.807, 2.05) is 18.6 Å². The van der Waals surface area contributed by atoms with Crippen molar-refractivity contribution < 1.29 is 26.4 Å². The second-order valence-electron chi connectivity index (χ2n) is 10.8. The molecule has 4 aromatic rings. The lowest BCUT2D eigenvalue weighted by Gasteiger charge is -2.27. The third-order valence-electron chi connectivity index (χ3n) is 7.38. The maximum atomic E-state index is 14.4. The van der Waals surface area contributed by atoms with Gasteiger partial charge in [0.15, 0.2) is 16.8 Å². The van der Waals surface area contributed by atoms with Crippen molar-refractivity contribution >= 4 is 39.4 Å². The molecule has 1 saturated heterocycles. The molecule has 1 aliphatic rings. The summed E-state index contributed by atoms with van der Waals surface area (Å²) in [5, 5.41) is 2.24. The quantitative estimate of drug-likeness (QED) is 0.197. The van der Waals surface area contributed by atoms with Gasteiger partial charge in [-0.1, -0.05) is 55.4 Å². The molecule has 2 N–H and O–H groups in total. The molecule has 0 unspecified atom stereocenters. The fourth-order valence-corrected chi connectivity index (χ4v) is 7.21. The number of carbonyl (C=O) groups is 1. The Morgan fingerprint density at radius 2 is 1.70 bits per heavy atom. The van der Waals surface area contributed by atoms with E-state index in [2.05, 4.69) is 10.4 Å². The summed E-state index contributed by atoms with van der Waals surface area (Å²) in [5.74, 6) is -2.15. The van der Waals surface area contributed by atoms with E-state index in [4.69, 9.17) is 11.6 Å². The maximum absolute atomic E-state index is 14.4. The Kier molecular flexibility index (Phi) is 9.30. The van der Waals surface area contributed by atoms with E-state index < -0.39 is 33.1 Å². The lowest BCUT2D eigenvalue weighted by molar-refractivity contribution is 0.202. The molecular weight excluding hydrogens is 635 g/mol. The van der Waals surface area contributed by atoms with Crippen LogP contribution in [0.5, 0.6) is 0 Å². The van der Waals surface area contributed by atoms with Crippen molar-refractivity contribution in [2.24, 2.45) is 0 Å². The number of hydrazine groups is 1. The van der Waals surface area contributed by atoms with E-state index in [0.717, 1.165) is 30.5 Å². The smallest absolute Gasteiger partial charge is 0.291 e. The van der Waals surface area contributed by atoms with Crippen molar-refractivity contribution in [1.82, 2.24) is 24.7 Å². The second kappa shape index (κ2) is 12.8. The molecule has 0 atom stereocenters. The number of benzene rings is 3. The van der Waals surface area contributed by atoms with Crippen molar-refractivity contribution in [2.75, 3.05) is 13.1 Å². The lowest BCUT2D eigenvalue weighted by Crippen LogP contribution is -2.47. The largest absolute Gasteiger partial charge is 0.343 e. The van der Waals surface area contributed by atoms with Crippen LogP contribution in [0.25, 0.3) is 5.69 Å². The number of nitrogens with zero attached hydrogens (tertiary/aromatic N) is 3. The van der Waals surface area contributed by atoms with Crippen molar-refractivity contribution in [1.29, 1.82) is 0 Å². The highest BCUT2D eigenvalue weighted by molar-refractivity contribution is 7.98. The molecule has 0 radical (unpaired) electrons. The standard InChI is InChI=1S/C30H29ClF3N5O3S2/c1-30(2,20-6-8-21(32)9-7-20)27-17-35-29(39(27)22-10-12-25(33)26(34)15-22)43-18-19-5-11-23(16-24(19)31)44(41,42)37-28(40)36-38-13-3-4-14-38/h5-12,15-17H,3-4,13-14,18H2,1-2H3,(H2,36,37,40). The summed E-state index contributed by atoms with van der Waals surface area (Å²) in [6.07, 6.45) is 3.45. The van der Waals surface area contributed by atoms with Gasteiger partial charge in [-0.25, -0.2) is 41.1 Å². The second-order valence-corrected chi connectivity index (χ2v) is 13.8. The summed E-state index contributed by atoms with van der Waals surface area (Å²) >= 11 is 7.73. The Labute approximate surface area is 262 Å². The fourth-order valence-electron chi connectivity index (χ4n) is 4.90. The molecule has 1 aromatic heterocycles. The van der Waals surface area contributed by atoms with Gasteiger partial charge in [0.1, 0.15) is 5.82 Å². The van der Waals surface area contributed by atoms with Crippen molar-refractivity contribution in [2.45, 2.75) is 47.9 Å². The van der Waals surface area contributed by atoms with Crippen LogP contribution < -0.4 is 10.1 Å². The summed E-state index contributed by atoms with van der Waals surface area (Å²) in [5.41, 5.74) is 4.14. The Morgan fingerprint density at radius 3 is 2.36 bits per heavy atom. The van der Waals surface area contributed by atoms with Crippen LogP contribution in [-0.2, 0) is 21.2 Å². The zero-order valence-corrected chi connectivity index (χ0v) is 26.2. The number of rotatable bonds is 9. The summed E-state index contributed by atoms with van der Waals surface area (Å²) in [7, 11) is -4.19. The Morgan fingerprint density at radius 1 is 1.00 bits per heavy atom. The van der Waals surface area contributed by atoms with Crippen LogP contribution in [0.15, 0.2) is 76.9 Å². The normalized spacial score (nSPS) is 14.1. The number of amides is 2. The topological polar surface area (TPSA) is 96.3 Å². The van der Waals surface area contributed by atoms with E-state index in [0.29, 0.717) is 35.2 Å². The Bertz CT molecular complexity index is 1790. The van der Waals surface area contributed by atoms with Gasteiger partial charge < -0.3 is 0 Å². The average Bonchev–Trinajstić information content (AvgIpc) is 3.64. The van der Waals surface area contributed by atoms with Gasteiger partial charge in [0.25, 0.3) is 10.0 Å². The lowest BCUT2D eigenvalue weighted by atomic mass is 9.81. The number of imidazole rings is 1.